The van der Waals surface area contributed by atoms with Crippen molar-refractivity contribution in [3.05, 3.63) is 65.4 Å². The second-order valence-corrected chi connectivity index (χ2v) is 7.57. The molecule has 0 unspecified atom stereocenters. The minimum absolute atomic E-state index is 0.0760. The molecule has 0 radical (unpaired) electrons. The molecule has 7 nitrogen and oxygen atoms in total. The molecule has 1 aromatic carbocycles. The lowest BCUT2D eigenvalue weighted by molar-refractivity contribution is -0.113. The van der Waals surface area contributed by atoms with E-state index in [1.54, 1.807) is 29.7 Å². The maximum atomic E-state index is 13.8. The van der Waals surface area contributed by atoms with Crippen molar-refractivity contribution in [3.63, 3.8) is 0 Å². The van der Waals surface area contributed by atoms with Crippen molar-refractivity contribution in [1.29, 1.82) is 5.26 Å². The zero-order valence-corrected chi connectivity index (χ0v) is 17.8. The standard InChI is InChI=1S/C21H21FN6OS/c1-5-9-27-15(4)25-26-21(27)30-12-19(29)24-20-18(11-23)13(2)14(3)28(20)17-8-6-7-16(22)10-17/h5-8,10H,1,9,12H2,2-4H3,(H,24,29). The lowest BCUT2D eigenvalue weighted by Gasteiger charge is -2.13. The Hall–Kier alpha value is -3.38. The number of nitriles is 1. The van der Waals surface area contributed by atoms with Crippen molar-refractivity contribution in [1.82, 2.24) is 19.3 Å². The Balaban J connectivity index is 1.87. The number of carbonyl (C=O) groups is 1. The fourth-order valence-corrected chi connectivity index (χ4v) is 3.90. The number of allylic oxidation sites excluding steroid dienone is 1. The van der Waals surface area contributed by atoms with Gasteiger partial charge in [-0.1, -0.05) is 23.9 Å². The SMILES string of the molecule is C=CCn1c(C)nnc1SCC(=O)Nc1c(C#N)c(C)c(C)n1-c1cccc(F)c1. The highest BCUT2D eigenvalue weighted by Crippen LogP contribution is 2.30. The molecule has 0 saturated carbocycles. The van der Waals surface area contributed by atoms with Crippen LogP contribution in [0.4, 0.5) is 10.2 Å². The first-order valence-electron chi connectivity index (χ1n) is 9.18. The molecule has 0 saturated heterocycles. The van der Waals surface area contributed by atoms with E-state index in [2.05, 4.69) is 28.2 Å². The Bertz CT molecular complexity index is 1160. The first kappa shape index (κ1) is 21.3. The topological polar surface area (TPSA) is 88.5 Å². The van der Waals surface area contributed by atoms with E-state index in [4.69, 9.17) is 0 Å². The number of nitrogens with one attached hydrogen (secondary N) is 1. The van der Waals surface area contributed by atoms with Crippen LogP contribution in [-0.4, -0.2) is 31.0 Å². The molecule has 9 heteroatoms. The third-order valence-corrected chi connectivity index (χ3v) is 5.66. The number of anilines is 1. The van der Waals surface area contributed by atoms with Crippen LogP contribution in [0.15, 0.2) is 42.1 Å². The van der Waals surface area contributed by atoms with E-state index in [0.29, 0.717) is 28.8 Å². The van der Waals surface area contributed by atoms with Crippen LogP contribution >= 0.6 is 11.8 Å². The molecule has 30 heavy (non-hydrogen) atoms. The number of nitrogens with zero attached hydrogens (tertiary/aromatic N) is 5. The van der Waals surface area contributed by atoms with Crippen LogP contribution in [-0.2, 0) is 11.3 Å². The summed E-state index contributed by atoms with van der Waals surface area (Å²) in [5, 5.41) is 21.2. The number of benzene rings is 1. The van der Waals surface area contributed by atoms with Gasteiger partial charge in [0.1, 0.15) is 23.5 Å². The fourth-order valence-electron chi connectivity index (χ4n) is 3.10. The highest BCUT2D eigenvalue weighted by molar-refractivity contribution is 7.99. The molecule has 0 spiro atoms. The molecule has 0 fully saturated rings. The quantitative estimate of drug-likeness (QED) is 0.459. The molecule has 0 aliphatic carbocycles. The van der Waals surface area contributed by atoms with E-state index in [1.165, 1.54) is 23.9 Å². The fraction of sp³-hybridized carbons (Fsp3) is 0.238. The molecule has 1 amide bonds. The normalized spacial score (nSPS) is 10.6. The highest BCUT2D eigenvalue weighted by Gasteiger charge is 2.21. The number of carbonyl (C=O) groups excluding carboxylic acids is 1. The maximum absolute atomic E-state index is 13.8. The van der Waals surface area contributed by atoms with Crippen molar-refractivity contribution in [3.8, 4) is 11.8 Å². The summed E-state index contributed by atoms with van der Waals surface area (Å²) in [6, 6.07) is 8.16. The van der Waals surface area contributed by atoms with Crippen molar-refractivity contribution >= 4 is 23.5 Å². The van der Waals surface area contributed by atoms with Gasteiger partial charge in [-0.2, -0.15) is 5.26 Å². The molecule has 0 aliphatic rings. The summed E-state index contributed by atoms with van der Waals surface area (Å²) in [5.41, 5.74) is 2.36. The van der Waals surface area contributed by atoms with E-state index in [1.807, 2.05) is 18.4 Å². The van der Waals surface area contributed by atoms with Crippen LogP contribution in [0.5, 0.6) is 0 Å². The zero-order valence-electron chi connectivity index (χ0n) is 16.9. The minimum atomic E-state index is -0.401. The molecule has 3 rings (SSSR count). The zero-order chi connectivity index (χ0) is 21.8. The van der Waals surface area contributed by atoms with Crippen LogP contribution in [0.3, 0.4) is 0 Å². The first-order chi connectivity index (χ1) is 14.4. The largest absolute Gasteiger partial charge is 0.310 e. The van der Waals surface area contributed by atoms with Gasteiger partial charge in [0.2, 0.25) is 5.91 Å². The monoisotopic (exact) mass is 424 g/mol. The summed E-state index contributed by atoms with van der Waals surface area (Å²) in [5.74, 6) is 0.425. The van der Waals surface area contributed by atoms with Crippen LogP contribution in [0, 0.1) is 37.9 Å². The van der Waals surface area contributed by atoms with Gasteiger partial charge in [-0.3, -0.25) is 9.36 Å². The number of hydrogen-bond donors (Lipinski definition) is 1. The van der Waals surface area contributed by atoms with E-state index in [-0.39, 0.29) is 11.7 Å². The van der Waals surface area contributed by atoms with Crippen LogP contribution in [0.1, 0.15) is 22.6 Å². The number of rotatable bonds is 7. The van der Waals surface area contributed by atoms with E-state index in [0.717, 1.165) is 17.1 Å². The number of halogens is 1. The Morgan fingerprint density at radius 1 is 1.37 bits per heavy atom. The summed E-state index contributed by atoms with van der Waals surface area (Å²) in [4.78, 5) is 12.7. The molecule has 0 atom stereocenters. The number of hydrogen-bond acceptors (Lipinski definition) is 5. The van der Waals surface area contributed by atoms with Crippen molar-refractivity contribution < 1.29 is 9.18 Å². The highest BCUT2D eigenvalue weighted by atomic mass is 32.2. The molecule has 0 aliphatic heterocycles. The minimum Gasteiger partial charge on any atom is -0.310 e. The summed E-state index contributed by atoms with van der Waals surface area (Å²) >= 11 is 1.24. The van der Waals surface area contributed by atoms with Gasteiger partial charge in [0.15, 0.2) is 5.16 Å². The third-order valence-electron chi connectivity index (χ3n) is 4.70. The van der Waals surface area contributed by atoms with E-state index in [9.17, 15) is 14.4 Å². The molecule has 3 aromatic rings. The van der Waals surface area contributed by atoms with Gasteiger partial charge in [-0.15, -0.1) is 16.8 Å². The maximum Gasteiger partial charge on any atom is 0.236 e. The van der Waals surface area contributed by atoms with Gasteiger partial charge in [0, 0.05) is 12.2 Å². The first-order valence-corrected chi connectivity index (χ1v) is 10.2. The molecule has 2 heterocycles. The summed E-state index contributed by atoms with van der Waals surface area (Å²) < 4.78 is 17.3. The van der Waals surface area contributed by atoms with Gasteiger partial charge in [-0.05, 0) is 44.5 Å². The van der Waals surface area contributed by atoms with Crippen molar-refractivity contribution in [2.75, 3.05) is 11.1 Å². The van der Waals surface area contributed by atoms with Crippen molar-refractivity contribution in [2.24, 2.45) is 0 Å². The van der Waals surface area contributed by atoms with Gasteiger partial charge in [-0.25, -0.2) is 4.39 Å². The molecule has 2 aromatic heterocycles. The van der Waals surface area contributed by atoms with Gasteiger partial charge in [0.25, 0.3) is 0 Å². The molecule has 0 bridgehead atoms. The van der Waals surface area contributed by atoms with E-state index >= 15 is 0 Å². The number of aryl methyl sites for hydroxylation is 1. The molecular formula is C21H21FN6OS. The summed E-state index contributed by atoms with van der Waals surface area (Å²) in [6.45, 7) is 9.72. The second-order valence-electron chi connectivity index (χ2n) is 6.63. The van der Waals surface area contributed by atoms with Crippen molar-refractivity contribution in [2.45, 2.75) is 32.5 Å². The third kappa shape index (κ3) is 4.14. The second kappa shape index (κ2) is 8.97. The smallest absolute Gasteiger partial charge is 0.236 e. The summed E-state index contributed by atoms with van der Waals surface area (Å²) in [7, 11) is 0. The predicted octanol–water partition coefficient (Wildman–Crippen LogP) is 3.92. The van der Waals surface area contributed by atoms with Gasteiger partial charge >= 0.3 is 0 Å². The lowest BCUT2D eigenvalue weighted by atomic mass is 10.2. The molecule has 154 valence electrons. The average Bonchev–Trinajstić information content (AvgIpc) is 3.17. The number of aromatic nitrogens is 4. The Morgan fingerprint density at radius 3 is 2.80 bits per heavy atom. The predicted molar refractivity (Wildman–Crippen MR) is 114 cm³/mol. The van der Waals surface area contributed by atoms with Crippen LogP contribution < -0.4 is 5.32 Å². The van der Waals surface area contributed by atoms with E-state index < -0.39 is 5.82 Å². The average molecular weight is 425 g/mol. The Kier molecular flexibility index (Phi) is 6.37. The van der Waals surface area contributed by atoms with Crippen LogP contribution in [0.25, 0.3) is 5.69 Å². The molecule has 1 N–H and O–H groups in total. The van der Waals surface area contributed by atoms with Gasteiger partial charge < -0.3 is 9.88 Å². The lowest BCUT2D eigenvalue weighted by Crippen LogP contribution is -2.18. The summed E-state index contributed by atoms with van der Waals surface area (Å²) in [6.07, 6.45) is 1.73. The number of amides is 1. The number of thioether (sulfide) groups is 1. The Labute approximate surface area is 178 Å². The Morgan fingerprint density at radius 2 is 2.13 bits per heavy atom. The van der Waals surface area contributed by atoms with Gasteiger partial charge in [0.05, 0.1) is 17.0 Å². The van der Waals surface area contributed by atoms with Crippen LogP contribution in [0.2, 0.25) is 0 Å². The molecular weight excluding hydrogens is 403 g/mol.